The molecule has 0 saturated carbocycles. The third-order valence-electron chi connectivity index (χ3n) is 3.31. The average molecular weight is 304 g/mol. The van der Waals surface area contributed by atoms with E-state index in [2.05, 4.69) is 16.4 Å². The first kappa shape index (κ1) is 15.7. The number of nitrogens with one attached hydrogen (secondary N) is 1. The Morgan fingerprint density at radius 2 is 2.14 bits per heavy atom. The Morgan fingerprint density at radius 3 is 2.81 bits per heavy atom. The predicted molar refractivity (Wildman–Crippen MR) is 84.2 cm³/mol. The van der Waals surface area contributed by atoms with Gasteiger partial charge in [0.25, 0.3) is 0 Å². The van der Waals surface area contributed by atoms with Gasteiger partial charge in [0.2, 0.25) is 5.91 Å². The molecule has 0 fully saturated rings. The third-order valence-corrected chi connectivity index (χ3v) is 4.20. The molecule has 1 amide bonds. The summed E-state index contributed by atoms with van der Waals surface area (Å²) in [5.74, 6) is 0.102. The van der Waals surface area contributed by atoms with Crippen LogP contribution in [-0.4, -0.2) is 29.1 Å². The first-order valence-electron chi connectivity index (χ1n) is 7.06. The van der Waals surface area contributed by atoms with Crippen molar-refractivity contribution in [1.29, 1.82) is 0 Å². The molecular weight excluding hydrogens is 284 g/mol. The van der Waals surface area contributed by atoms with Gasteiger partial charge in [-0.15, -0.1) is 11.3 Å². The minimum absolute atomic E-state index is 0.0245. The van der Waals surface area contributed by atoms with Crippen molar-refractivity contribution in [3.63, 3.8) is 0 Å². The molecule has 0 aliphatic rings. The lowest BCUT2D eigenvalue weighted by Crippen LogP contribution is -2.31. The highest BCUT2D eigenvalue weighted by Crippen LogP contribution is 2.14. The van der Waals surface area contributed by atoms with Gasteiger partial charge in [-0.2, -0.15) is 0 Å². The second kappa shape index (κ2) is 8.54. The van der Waals surface area contributed by atoms with Crippen molar-refractivity contribution < 1.29 is 9.90 Å². The maximum atomic E-state index is 11.8. The van der Waals surface area contributed by atoms with Crippen molar-refractivity contribution in [3.8, 4) is 0 Å². The molecular formula is C16H20N2O2S. The number of aryl methyl sites for hydroxylation is 1. The van der Waals surface area contributed by atoms with E-state index < -0.39 is 0 Å². The fourth-order valence-corrected chi connectivity index (χ4v) is 2.89. The molecule has 21 heavy (non-hydrogen) atoms. The van der Waals surface area contributed by atoms with Gasteiger partial charge in [0.1, 0.15) is 0 Å². The first-order chi connectivity index (χ1) is 10.3. The molecule has 0 aromatic carbocycles. The molecule has 0 spiro atoms. The maximum Gasteiger partial charge on any atom is 0.220 e. The number of hydrogen-bond acceptors (Lipinski definition) is 4. The van der Waals surface area contributed by atoms with Gasteiger partial charge < -0.3 is 10.4 Å². The molecule has 0 unspecified atom stereocenters. The summed E-state index contributed by atoms with van der Waals surface area (Å²) in [5, 5.41) is 14.3. The molecule has 0 bridgehead atoms. The van der Waals surface area contributed by atoms with Crippen LogP contribution in [0.15, 0.2) is 42.0 Å². The van der Waals surface area contributed by atoms with Crippen LogP contribution in [0.3, 0.4) is 0 Å². The summed E-state index contributed by atoms with van der Waals surface area (Å²) in [7, 11) is 0. The van der Waals surface area contributed by atoms with Gasteiger partial charge in [-0.25, -0.2) is 0 Å². The molecule has 2 heterocycles. The van der Waals surface area contributed by atoms with Crippen molar-refractivity contribution in [3.05, 3.63) is 52.5 Å². The Labute approximate surface area is 128 Å². The highest BCUT2D eigenvalue weighted by molar-refractivity contribution is 7.09. The third kappa shape index (κ3) is 5.65. The minimum Gasteiger partial charge on any atom is -0.396 e. The van der Waals surface area contributed by atoms with E-state index in [4.69, 9.17) is 0 Å². The molecule has 1 atom stereocenters. The highest BCUT2D eigenvalue weighted by atomic mass is 32.1. The zero-order chi connectivity index (χ0) is 14.9. The van der Waals surface area contributed by atoms with Gasteiger partial charge in [-0.05, 0) is 42.0 Å². The molecule has 2 aromatic heterocycles. The van der Waals surface area contributed by atoms with Gasteiger partial charge >= 0.3 is 0 Å². The van der Waals surface area contributed by atoms with Crippen LogP contribution in [0.5, 0.6) is 0 Å². The summed E-state index contributed by atoms with van der Waals surface area (Å²) < 4.78 is 0. The molecule has 0 aliphatic heterocycles. The van der Waals surface area contributed by atoms with E-state index in [9.17, 15) is 9.90 Å². The lowest BCUT2D eigenvalue weighted by Gasteiger charge is -2.14. The van der Waals surface area contributed by atoms with E-state index in [0.29, 0.717) is 19.4 Å². The van der Waals surface area contributed by atoms with E-state index in [0.717, 1.165) is 12.0 Å². The first-order valence-corrected chi connectivity index (χ1v) is 7.94. The zero-order valence-corrected chi connectivity index (χ0v) is 12.7. The van der Waals surface area contributed by atoms with Crippen LogP contribution >= 0.6 is 11.3 Å². The second-order valence-corrected chi connectivity index (χ2v) is 6.02. The van der Waals surface area contributed by atoms with Gasteiger partial charge in [-0.3, -0.25) is 9.78 Å². The number of aliphatic hydroxyl groups excluding tert-OH is 1. The molecule has 0 saturated heterocycles. The van der Waals surface area contributed by atoms with Crippen molar-refractivity contribution in [2.45, 2.75) is 19.3 Å². The average Bonchev–Trinajstić information content (AvgIpc) is 3.03. The lowest BCUT2D eigenvalue weighted by molar-refractivity contribution is -0.121. The summed E-state index contributed by atoms with van der Waals surface area (Å²) in [5.41, 5.74) is 1.11. The Kier molecular flexibility index (Phi) is 6.37. The lowest BCUT2D eigenvalue weighted by atomic mass is 10.1. The Morgan fingerprint density at radius 1 is 1.33 bits per heavy atom. The Bertz CT molecular complexity index is 528. The number of rotatable bonds is 8. The van der Waals surface area contributed by atoms with Crippen LogP contribution in [0.25, 0.3) is 0 Å². The molecule has 4 nitrogen and oxygen atoms in total. The van der Waals surface area contributed by atoms with Crippen molar-refractivity contribution in [2.24, 2.45) is 5.92 Å². The molecule has 0 radical (unpaired) electrons. The summed E-state index contributed by atoms with van der Waals surface area (Å²) >= 11 is 1.68. The van der Waals surface area contributed by atoms with Crippen LogP contribution in [-0.2, 0) is 17.6 Å². The van der Waals surface area contributed by atoms with Crippen LogP contribution in [0.2, 0.25) is 0 Å². The monoisotopic (exact) mass is 304 g/mol. The van der Waals surface area contributed by atoms with Crippen LogP contribution < -0.4 is 5.32 Å². The van der Waals surface area contributed by atoms with Crippen LogP contribution in [0.4, 0.5) is 0 Å². The molecule has 2 aromatic rings. The van der Waals surface area contributed by atoms with Gasteiger partial charge in [0.05, 0.1) is 0 Å². The Balaban J connectivity index is 1.69. The number of amides is 1. The van der Waals surface area contributed by atoms with Gasteiger partial charge in [0.15, 0.2) is 0 Å². The minimum atomic E-state index is 0.0245. The van der Waals surface area contributed by atoms with E-state index in [1.54, 1.807) is 23.7 Å². The fourth-order valence-electron chi connectivity index (χ4n) is 2.07. The van der Waals surface area contributed by atoms with E-state index >= 15 is 0 Å². The fraction of sp³-hybridized carbons (Fsp3) is 0.375. The molecule has 0 aliphatic carbocycles. The van der Waals surface area contributed by atoms with Gasteiger partial charge in [-0.1, -0.05) is 6.07 Å². The predicted octanol–water partition coefficient (Wildman–Crippen LogP) is 2.04. The van der Waals surface area contributed by atoms with Crippen molar-refractivity contribution in [1.82, 2.24) is 10.3 Å². The SMILES string of the molecule is O=C(CCc1ccncc1)NC[C@@H](CO)Cc1cccs1. The number of aromatic nitrogens is 1. The summed E-state index contributed by atoms with van der Waals surface area (Å²) in [6.07, 6.45) is 5.44. The van der Waals surface area contributed by atoms with Crippen molar-refractivity contribution in [2.75, 3.05) is 13.2 Å². The number of carbonyl (C=O) groups is 1. The number of nitrogens with zero attached hydrogens (tertiary/aromatic N) is 1. The highest BCUT2D eigenvalue weighted by Gasteiger charge is 2.11. The van der Waals surface area contributed by atoms with E-state index in [1.807, 2.05) is 23.6 Å². The van der Waals surface area contributed by atoms with Crippen LogP contribution in [0, 0.1) is 5.92 Å². The Hall–Kier alpha value is -1.72. The van der Waals surface area contributed by atoms with Crippen molar-refractivity contribution >= 4 is 17.2 Å². The van der Waals surface area contributed by atoms with E-state index in [-0.39, 0.29) is 18.4 Å². The zero-order valence-electron chi connectivity index (χ0n) is 11.9. The smallest absolute Gasteiger partial charge is 0.220 e. The number of hydrogen-bond donors (Lipinski definition) is 2. The summed E-state index contributed by atoms with van der Waals surface area (Å²) in [6, 6.07) is 7.89. The normalized spacial score (nSPS) is 12.0. The number of pyridine rings is 1. The summed E-state index contributed by atoms with van der Waals surface area (Å²) in [4.78, 5) is 17.0. The molecule has 112 valence electrons. The standard InChI is InChI=1S/C16H20N2O2S/c19-12-14(10-15-2-1-9-21-15)11-18-16(20)4-3-13-5-7-17-8-6-13/h1-2,5-9,14,19H,3-4,10-12H2,(H,18,20)/t14-/m0/s1. The number of thiophene rings is 1. The molecule has 5 heteroatoms. The molecule has 2 N–H and O–H groups in total. The number of aliphatic hydroxyl groups is 1. The van der Waals surface area contributed by atoms with E-state index in [1.165, 1.54) is 4.88 Å². The largest absolute Gasteiger partial charge is 0.396 e. The summed E-state index contributed by atoms with van der Waals surface area (Å²) in [6.45, 7) is 0.603. The quantitative estimate of drug-likeness (QED) is 0.784. The maximum absolute atomic E-state index is 11.8. The van der Waals surface area contributed by atoms with Crippen LogP contribution in [0.1, 0.15) is 16.9 Å². The number of carbonyl (C=O) groups excluding carboxylic acids is 1. The molecule has 2 rings (SSSR count). The second-order valence-electron chi connectivity index (χ2n) is 4.99. The topological polar surface area (TPSA) is 62.2 Å². The van der Waals surface area contributed by atoms with Gasteiger partial charge in [0, 0.05) is 42.8 Å².